The molecule has 0 aliphatic rings. The van der Waals surface area contributed by atoms with Gasteiger partial charge in [-0.1, -0.05) is 18.2 Å². The minimum absolute atomic E-state index is 0.318. The van der Waals surface area contributed by atoms with E-state index < -0.39 is 0 Å². The van der Waals surface area contributed by atoms with Crippen LogP contribution in [0.2, 0.25) is 0 Å². The summed E-state index contributed by atoms with van der Waals surface area (Å²) in [4.78, 5) is 0. The first-order chi connectivity index (χ1) is 6.38. The molecule has 4 nitrogen and oxygen atoms in total. The summed E-state index contributed by atoms with van der Waals surface area (Å²) >= 11 is 0. The van der Waals surface area contributed by atoms with Crippen LogP contribution in [0.25, 0.3) is 0 Å². The third-order valence-corrected chi connectivity index (χ3v) is 1.56. The summed E-state index contributed by atoms with van der Waals surface area (Å²) in [5.74, 6) is 0. The summed E-state index contributed by atoms with van der Waals surface area (Å²) in [6.45, 7) is 0.776. The topological polar surface area (TPSA) is 74.6 Å². The van der Waals surface area contributed by atoms with Crippen molar-refractivity contribution in [1.82, 2.24) is 0 Å². The number of nitrogens with one attached hydrogen (secondary N) is 1. The van der Waals surface area contributed by atoms with Crippen LogP contribution in [-0.2, 0) is 6.54 Å². The maximum Gasteiger partial charge on any atom is 0.0948 e. The summed E-state index contributed by atoms with van der Waals surface area (Å²) < 4.78 is 0. The average Bonchev–Trinajstić information content (AvgIpc) is 2.19. The Balaban J connectivity index is 2.80. The van der Waals surface area contributed by atoms with E-state index in [2.05, 4.69) is 10.2 Å². The van der Waals surface area contributed by atoms with Crippen LogP contribution in [-0.4, -0.2) is 12.8 Å². The molecule has 0 atom stereocenters. The molecule has 0 heterocycles. The molecule has 1 rings (SSSR count). The first-order valence-corrected chi connectivity index (χ1v) is 4.03. The van der Waals surface area contributed by atoms with Gasteiger partial charge in [-0.2, -0.15) is 10.2 Å². The molecule has 0 saturated heterocycles. The highest BCUT2D eigenvalue weighted by molar-refractivity contribution is 5.55. The van der Waals surface area contributed by atoms with Crippen molar-refractivity contribution >= 4 is 11.9 Å². The Bertz CT molecular complexity index is 306. The highest BCUT2D eigenvalue weighted by Gasteiger charge is 1.95. The van der Waals surface area contributed by atoms with E-state index in [0.717, 1.165) is 11.3 Å². The van der Waals surface area contributed by atoms with Crippen LogP contribution in [0.5, 0.6) is 0 Å². The molecular formula is C9H12N4. The largest absolute Gasteiger partial charge is 0.326 e. The highest BCUT2D eigenvalue weighted by Crippen LogP contribution is 2.17. The van der Waals surface area contributed by atoms with Gasteiger partial charge in [0.2, 0.25) is 0 Å². The lowest BCUT2D eigenvalue weighted by molar-refractivity contribution is 1.03. The number of rotatable bonds is 4. The van der Waals surface area contributed by atoms with Gasteiger partial charge in [-0.3, -0.25) is 0 Å². The van der Waals surface area contributed by atoms with Crippen LogP contribution >= 0.6 is 0 Å². The summed E-state index contributed by atoms with van der Waals surface area (Å²) in [5.41, 5.74) is 7.26. The molecule has 0 aliphatic carbocycles. The SMILES string of the molecule is N=CCN=Nc1ccccc1CN. The zero-order chi connectivity index (χ0) is 9.52. The van der Waals surface area contributed by atoms with Gasteiger partial charge in [0.05, 0.1) is 12.2 Å². The van der Waals surface area contributed by atoms with Crippen molar-refractivity contribution < 1.29 is 0 Å². The minimum atomic E-state index is 0.318. The fourth-order valence-electron chi connectivity index (χ4n) is 0.939. The van der Waals surface area contributed by atoms with Crippen molar-refractivity contribution in [3.63, 3.8) is 0 Å². The van der Waals surface area contributed by atoms with Gasteiger partial charge in [0.25, 0.3) is 0 Å². The Morgan fingerprint density at radius 1 is 1.38 bits per heavy atom. The van der Waals surface area contributed by atoms with Crippen LogP contribution in [0, 0.1) is 5.41 Å². The molecule has 0 saturated carbocycles. The molecule has 3 N–H and O–H groups in total. The zero-order valence-corrected chi connectivity index (χ0v) is 7.27. The maximum absolute atomic E-state index is 6.76. The third kappa shape index (κ3) is 2.76. The zero-order valence-electron chi connectivity index (χ0n) is 7.27. The van der Waals surface area contributed by atoms with E-state index in [1.54, 1.807) is 0 Å². The maximum atomic E-state index is 6.76. The first kappa shape index (κ1) is 9.54. The standard InChI is InChI=1S/C9H12N4/c10-5-6-12-13-9-4-2-1-3-8(9)7-11/h1-5,10H,6-7,11H2. The van der Waals surface area contributed by atoms with E-state index in [0.29, 0.717) is 13.1 Å². The van der Waals surface area contributed by atoms with E-state index in [1.807, 2.05) is 24.3 Å². The van der Waals surface area contributed by atoms with Crippen molar-refractivity contribution in [3.05, 3.63) is 29.8 Å². The molecule has 13 heavy (non-hydrogen) atoms. The second kappa shape index (κ2) is 5.16. The van der Waals surface area contributed by atoms with Crippen molar-refractivity contribution in [2.45, 2.75) is 6.54 Å². The predicted molar refractivity (Wildman–Crippen MR) is 52.5 cm³/mol. The van der Waals surface area contributed by atoms with Crippen LogP contribution in [0.15, 0.2) is 34.5 Å². The number of nitrogens with zero attached hydrogens (tertiary/aromatic N) is 2. The van der Waals surface area contributed by atoms with E-state index >= 15 is 0 Å². The summed E-state index contributed by atoms with van der Waals surface area (Å²) in [6, 6.07) is 7.57. The van der Waals surface area contributed by atoms with Gasteiger partial charge in [-0.15, -0.1) is 0 Å². The molecule has 0 aromatic heterocycles. The van der Waals surface area contributed by atoms with Gasteiger partial charge >= 0.3 is 0 Å². The Hall–Kier alpha value is -1.55. The van der Waals surface area contributed by atoms with Crippen molar-refractivity contribution in [2.75, 3.05) is 6.54 Å². The lowest BCUT2D eigenvalue weighted by atomic mass is 10.2. The van der Waals surface area contributed by atoms with Crippen molar-refractivity contribution in [3.8, 4) is 0 Å². The quantitative estimate of drug-likeness (QED) is 0.533. The summed E-state index contributed by atoms with van der Waals surface area (Å²) in [6.07, 6.45) is 1.20. The van der Waals surface area contributed by atoms with E-state index in [4.69, 9.17) is 11.1 Å². The average molecular weight is 176 g/mol. The van der Waals surface area contributed by atoms with Gasteiger partial charge in [-0.25, -0.2) is 0 Å². The minimum Gasteiger partial charge on any atom is -0.326 e. The van der Waals surface area contributed by atoms with Gasteiger partial charge in [-0.05, 0) is 11.6 Å². The first-order valence-electron chi connectivity index (χ1n) is 4.03. The van der Waals surface area contributed by atoms with Crippen LogP contribution in [0.4, 0.5) is 5.69 Å². The van der Waals surface area contributed by atoms with Gasteiger partial charge in [0.1, 0.15) is 0 Å². The number of nitrogens with two attached hydrogens (primary N) is 1. The monoisotopic (exact) mass is 176 g/mol. The van der Waals surface area contributed by atoms with Crippen LogP contribution in [0.1, 0.15) is 5.56 Å². The molecule has 0 radical (unpaired) electrons. The normalized spacial score (nSPS) is 10.5. The van der Waals surface area contributed by atoms with Crippen LogP contribution in [0.3, 0.4) is 0 Å². The summed E-state index contributed by atoms with van der Waals surface area (Å²) in [7, 11) is 0. The molecule has 0 amide bonds. The van der Waals surface area contributed by atoms with E-state index in [9.17, 15) is 0 Å². The van der Waals surface area contributed by atoms with Gasteiger partial charge in [0, 0.05) is 12.8 Å². The van der Waals surface area contributed by atoms with Crippen molar-refractivity contribution in [1.29, 1.82) is 5.41 Å². The molecule has 0 aliphatic heterocycles. The number of benzene rings is 1. The predicted octanol–water partition coefficient (Wildman–Crippen LogP) is 1.88. The molecule has 4 heteroatoms. The smallest absolute Gasteiger partial charge is 0.0948 e. The molecule has 0 unspecified atom stereocenters. The summed E-state index contributed by atoms with van der Waals surface area (Å²) in [5, 5.41) is 14.5. The third-order valence-electron chi connectivity index (χ3n) is 1.56. The lowest BCUT2D eigenvalue weighted by Crippen LogP contribution is -1.95. The number of hydrogen-bond donors (Lipinski definition) is 2. The lowest BCUT2D eigenvalue weighted by Gasteiger charge is -1.99. The molecule has 0 bridgehead atoms. The van der Waals surface area contributed by atoms with Gasteiger partial charge < -0.3 is 11.1 Å². The van der Waals surface area contributed by atoms with Gasteiger partial charge in [0.15, 0.2) is 0 Å². The second-order valence-electron chi connectivity index (χ2n) is 2.46. The molecule has 68 valence electrons. The van der Waals surface area contributed by atoms with E-state index in [-0.39, 0.29) is 0 Å². The second-order valence-corrected chi connectivity index (χ2v) is 2.46. The Labute approximate surface area is 77.0 Å². The fraction of sp³-hybridized carbons (Fsp3) is 0.222. The highest BCUT2D eigenvalue weighted by atomic mass is 15.1. The molecule has 1 aromatic carbocycles. The molecular weight excluding hydrogens is 164 g/mol. The molecule has 0 spiro atoms. The Morgan fingerprint density at radius 2 is 2.15 bits per heavy atom. The Kier molecular flexibility index (Phi) is 3.78. The fourth-order valence-corrected chi connectivity index (χ4v) is 0.939. The number of hydrogen-bond acceptors (Lipinski definition) is 4. The Morgan fingerprint density at radius 3 is 2.85 bits per heavy atom. The van der Waals surface area contributed by atoms with Crippen LogP contribution < -0.4 is 5.73 Å². The molecule has 1 aromatic rings. The molecule has 0 fully saturated rings. The van der Waals surface area contributed by atoms with E-state index in [1.165, 1.54) is 6.21 Å². The number of azo groups is 1. The van der Waals surface area contributed by atoms with Crippen molar-refractivity contribution in [2.24, 2.45) is 16.0 Å².